The van der Waals surface area contributed by atoms with E-state index < -0.39 is 6.10 Å². The van der Waals surface area contributed by atoms with Gasteiger partial charge in [-0.05, 0) is 48.9 Å². The molecule has 1 aliphatic carbocycles. The molecular weight excluding hydrogens is 200 g/mol. The summed E-state index contributed by atoms with van der Waals surface area (Å²) in [4.78, 5) is 0. The van der Waals surface area contributed by atoms with Crippen molar-refractivity contribution >= 4 is 11.0 Å². The second-order valence-electron chi connectivity index (χ2n) is 4.66. The maximum absolute atomic E-state index is 9.99. The van der Waals surface area contributed by atoms with Gasteiger partial charge >= 0.3 is 0 Å². The first-order chi connectivity index (χ1) is 7.78. The Morgan fingerprint density at radius 3 is 2.88 bits per heavy atom. The fraction of sp³-hybridized carbons (Fsp3) is 0.429. The minimum Gasteiger partial charge on any atom is -0.458 e. The zero-order chi connectivity index (χ0) is 11.1. The van der Waals surface area contributed by atoms with Gasteiger partial charge in [-0.2, -0.15) is 0 Å². The first kappa shape index (κ1) is 9.91. The van der Waals surface area contributed by atoms with Crippen LogP contribution in [0, 0.1) is 5.92 Å². The number of furan rings is 1. The highest BCUT2D eigenvalue weighted by molar-refractivity contribution is 5.78. The van der Waals surface area contributed by atoms with E-state index in [-0.39, 0.29) is 0 Å². The molecular formula is C14H16O2. The van der Waals surface area contributed by atoms with Crippen LogP contribution in [0.3, 0.4) is 0 Å². The first-order valence-corrected chi connectivity index (χ1v) is 5.98. The lowest BCUT2D eigenvalue weighted by molar-refractivity contribution is 0.129. The molecule has 2 nitrogen and oxygen atoms in total. The highest BCUT2D eigenvalue weighted by atomic mass is 16.4. The Hall–Kier alpha value is -1.28. The summed E-state index contributed by atoms with van der Waals surface area (Å²) in [6.07, 6.45) is 2.87. The summed E-state index contributed by atoms with van der Waals surface area (Å²) in [6.45, 7) is 2.14. The van der Waals surface area contributed by atoms with Gasteiger partial charge in [0.25, 0.3) is 0 Å². The van der Waals surface area contributed by atoms with Crippen LogP contribution in [0.2, 0.25) is 0 Å². The van der Waals surface area contributed by atoms with E-state index in [1.165, 1.54) is 5.56 Å². The van der Waals surface area contributed by atoms with E-state index in [1.807, 2.05) is 12.1 Å². The third kappa shape index (κ3) is 1.63. The molecule has 0 amide bonds. The fourth-order valence-corrected chi connectivity index (χ4v) is 2.12. The predicted molar refractivity (Wildman–Crippen MR) is 63.3 cm³/mol. The molecule has 3 rings (SSSR count). The molecule has 2 aromatic rings. The number of fused-ring (bicyclic) bond motifs is 1. The summed E-state index contributed by atoms with van der Waals surface area (Å²) >= 11 is 0. The van der Waals surface area contributed by atoms with Gasteiger partial charge in [-0.25, -0.2) is 0 Å². The molecule has 1 aromatic carbocycles. The van der Waals surface area contributed by atoms with Crippen molar-refractivity contribution in [2.45, 2.75) is 32.3 Å². The summed E-state index contributed by atoms with van der Waals surface area (Å²) in [5.41, 5.74) is 2.19. The summed E-state index contributed by atoms with van der Waals surface area (Å²) in [5, 5.41) is 11.1. The van der Waals surface area contributed by atoms with E-state index in [9.17, 15) is 5.11 Å². The number of aliphatic hydroxyl groups is 1. The SMILES string of the molecule is CCc1ccc2oc(C(O)C3CC3)cc2c1. The minimum absolute atomic E-state index is 0.405. The molecule has 1 heterocycles. The van der Waals surface area contributed by atoms with Crippen LogP contribution in [0.5, 0.6) is 0 Å². The van der Waals surface area contributed by atoms with Gasteiger partial charge < -0.3 is 9.52 Å². The lowest BCUT2D eigenvalue weighted by Gasteiger charge is -2.03. The van der Waals surface area contributed by atoms with Crippen molar-refractivity contribution in [1.29, 1.82) is 0 Å². The van der Waals surface area contributed by atoms with Crippen molar-refractivity contribution in [2.24, 2.45) is 5.92 Å². The summed E-state index contributed by atoms with van der Waals surface area (Å²) in [6, 6.07) is 8.20. The molecule has 0 bridgehead atoms. The molecule has 1 N–H and O–H groups in total. The zero-order valence-electron chi connectivity index (χ0n) is 9.44. The largest absolute Gasteiger partial charge is 0.458 e. The normalized spacial score (nSPS) is 17.9. The van der Waals surface area contributed by atoms with Gasteiger partial charge in [0, 0.05) is 5.39 Å². The Morgan fingerprint density at radius 2 is 2.19 bits per heavy atom. The van der Waals surface area contributed by atoms with Crippen molar-refractivity contribution in [3.63, 3.8) is 0 Å². The topological polar surface area (TPSA) is 33.4 Å². The Bertz CT molecular complexity index is 508. The van der Waals surface area contributed by atoms with Gasteiger partial charge in [0.05, 0.1) is 0 Å². The van der Waals surface area contributed by atoms with Crippen LogP contribution in [0.15, 0.2) is 28.7 Å². The molecule has 0 aliphatic heterocycles. The van der Waals surface area contributed by atoms with Crippen LogP contribution in [-0.2, 0) is 6.42 Å². The van der Waals surface area contributed by atoms with E-state index in [1.54, 1.807) is 0 Å². The van der Waals surface area contributed by atoms with Gasteiger partial charge in [0.2, 0.25) is 0 Å². The second-order valence-corrected chi connectivity index (χ2v) is 4.66. The van der Waals surface area contributed by atoms with E-state index in [2.05, 4.69) is 19.1 Å². The number of aryl methyl sites for hydroxylation is 1. The van der Waals surface area contributed by atoms with Crippen molar-refractivity contribution < 1.29 is 9.52 Å². The van der Waals surface area contributed by atoms with Crippen LogP contribution in [0.1, 0.15) is 37.2 Å². The van der Waals surface area contributed by atoms with Gasteiger partial charge in [0.1, 0.15) is 17.4 Å². The molecule has 16 heavy (non-hydrogen) atoms. The molecule has 1 unspecified atom stereocenters. The van der Waals surface area contributed by atoms with Gasteiger partial charge in [-0.3, -0.25) is 0 Å². The molecule has 1 saturated carbocycles. The number of hydrogen-bond acceptors (Lipinski definition) is 2. The Kier molecular flexibility index (Phi) is 2.25. The maximum atomic E-state index is 9.99. The van der Waals surface area contributed by atoms with Gasteiger partial charge in [-0.1, -0.05) is 13.0 Å². The van der Waals surface area contributed by atoms with Crippen LogP contribution < -0.4 is 0 Å². The summed E-state index contributed by atoms with van der Waals surface area (Å²) < 4.78 is 5.68. The van der Waals surface area contributed by atoms with Gasteiger partial charge in [0.15, 0.2) is 0 Å². The van der Waals surface area contributed by atoms with E-state index in [0.29, 0.717) is 5.92 Å². The Morgan fingerprint density at radius 1 is 1.38 bits per heavy atom. The highest BCUT2D eigenvalue weighted by Gasteiger charge is 2.32. The maximum Gasteiger partial charge on any atom is 0.134 e. The second kappa shape index (κ2) is 3.63. The fourth-order valence-electron chi connectivity index (χ4n) is 2.12. The molecule has 1 fully saturated rings. The highest BCUT2D eigenvalue weighted by Crippen LogP contribution is 2.42. The molecule has 0 spiro atoms. The Labute approximate surface area is 94.9 Å². The van der Waals surface area contributed by atoms with Crippen molar-refractivity contribution in [3.05, 3.63) is 35.6 Å². The van der Waals surface area contributed by atoms with E-state index in [0.717, 1.165) is 36.0 Å². The lowest BCUT2D eigenvalue weighted by atomic mass is 10.1. The number of aliphatic hydroxyl groups excluding tert-OH is 1. The molecule has 1 aromatic heterocycles. The first-order valence-electron chi connectivity index (χ1n) is 5.98. The van der Waals surface area contributed by atoms with E-state index in [4.69, 9.17) is 4.42 Å². The van der Waals surface area contributed by atoms with E-state index >= 15 is 0 Å². The minimum atomic E-state index is -0.405. The average molecular weight is 216 g/mol. The average Bonchev–Trinajstić information content (AvgIpc) is 3.06. The molecule has 1 atom stereocenters. The van der Waals surface area contributed by atoms with Crippen LogP contribution in [0.25, 0.3) is 11.0 Å². The quantitative estimate of drug-likeness (QED) is 0.852. The molecule has 0 radical (unpaired) electrons. The van der Waals surface area contributed by atoms with Crippen LogP contribution >= 0.6 is 0 Å². The number of rotatable bonds is 3. The molecule has 2 heteroatoms. The van der Waals surface area contributed by atoms with Crippen LogP contribution in [-0.4, -0.2) is 5.11 Å². The summed E-state index contributed by atoms with van der Waals surface area (Å²) in [5.74, 6) is 1.15. The number of hydrogen-bond donors (Lipinski definition) is 1. The van der Waals surface area contributed by atoms with Crippen molar-refractivity contribution in [3.8, 4) is 0 Å². The van der Waals surface area contributed by atoms with Crippen molar-refractivity contribution in [2.75, 3.05) is 0 Å². The van der Waals surface area contributed by atoms with Crippen LogP contribution in [0.4, 0.5) is 0 Å². The lowest BCUT2D eigenvalue weighted by Crippen LogP contribution is -1.96. The third-order valence-corrected chi connectivity index (χ3v) is 3.37. The smallest absolute Gasteiger partial charge is 0.134 e. The standard InChI is InChI=1S/C14H16O2/c1-2-9-3-6-12-11(7-9)8-13(16-12)14(15)10-4-5-10/h3,6-8,10,14-15H,2,4-5H2,1H3. The number of benzene rings is 1. The predicted octanol–water partition coefficient (Wildman–Crippen LogP) is 3.44. The monoisotopic (exact) mass is 216 g/mol. The molecule has 0 saturated heterocycles. The Balaban J connectivity index is 2.01. The third-order valence-electron chi connectivity index (χ3n) is 3.37. The van der Waals surface area contributed by atoms with Crippen molar-refractivity contribution in [1.82, 2.24) is 0 Å². The zero-order valence-corrected chi connectivity index (χ0v) is 9.44. The molecule has 84 valence electrons. The summed E-state index contributed by atoms with van der Waals surface area (Å²) in [7, 11) is 0. The molecule has 1 aliphatic rings. The van der Waals surface area contributed by atoms with Gasteiger partial charge in [-0.15, -0.1) is 0 Å².